The van der Waals surface area contributed by atoms with Crippen LogP contribution in [0.2, 0.25) is 0 Å². The Balaban J connectivity index is 0.000000188. The molecule has 3 saturated carbocycles. The van der Waals surface area contributed by atoms with E-state index in [1.165, 1.54) is 50.1 Å². The molecule has 3 aromatic carbocycles. The van der Waals surface area contributed by atoms with Gasteiger partial charge >= 0.3 is 52.6 Å². The van der Waals surface area contributed by atoms with E-state index in [0.29, 0.717) is 17.8 Å². The van der Waals surface area contributed by atoms with Crippen LogP contribution >= 0.6 is 0 Å². The van der Waals surface area contributed by atoms with Gasteiger partial charge in [0.15, 0.2) is 0 Å². The van der Waals surface area contributed by atoms with Crippen molar-refractivity contribution in [3.05, 3.63) is 105 Å². The second-order valence-corrected chi connectivity index (χ2v) is 24.4. The maximum Gasteiger partial charge on any atom is 2.00 e. The monoisotopic (exact) mass is 945 g/mol. The predicted octanol–water partition coefficient (Wildman–Crippen LogP) is 7.33. The molecule has 9 rings (SSSR count). The van der Waals surface area contributed by atoms with Crippen molar-refractivity contribution in [2.45, 2.75) is 213 Å². The van der Waals surface area contributed by atoms with Gasteiger partial charge in [0.05, 0.1) is 0 Å². The van der Waals surface area contributed by atoms with Gasteiger partial charge in [-0.25, -0.2) is 0 Å². The summed E-state index contributed by atoms with van der Waals surface area (Å²) in [5, 5.41) is 35.5. The normalized spacial score (nSPS) is 33.1. The SMILES string of the molecule is CC(C)c1ccc2c(c1)CCC1C(C)(C(=O)[O-])CCCC21C.CC(C)c1ccc2c(c1)CCC1C(C)(C(=O)[O-])CCCC21C.CC(C)c1ccc2c(c1)CCC1C(C)(C(=O)[O-])CCCC21C.[Mg+2].[Na+]. The molecule has 0 amide bonds. The molecular weight excluding hydrogens is 864 g/mol. The molecule has 0 radical (unpaired) electrons. The van der Waals surface area contributed by atoms with Crippen molar-refractivity contribution in [2.75, 3.05) is 0 Å². The molecule has 68 heavy (non-hydrogen) atoms. The van der Waals surface area contributed by atoms with Gasteiger partial charge in [-0.2, -0.15) is 0 Å². The number of fused-ring (bicyclic) bond motifs is 9. The van der Waals surface area contributed by atoms with Crippen molar-refractivity contribution < 1.29 is 59.3 Å². The van der Waals surface area contributed by atoms with E-state index >= 15 is 0 Å². The Morgan fingerprint density at radius 2 is 0.676 bits per heavy atom. The fourth-order valence-electron chi connectivity index (χ4n) is 15.3. The van der Waals surface area contributed by atoms with Gasteiger partial charge in [0.2, 0.25) is 0 Å². The van der Waals surface area contributed by atoms with Gasteiger partial charge < -0.3 is 29.7 Å². The number of carbonyl (C=O) groups excluding carboxylic acids is 3. The minimum Gasteiger partial charge on any atom is -0.550 e. The van der Waals surface area contributed by atoms with Gasteiger partial charge in [-0.05, 0) is 179 Å². The minimum absolute atomic E-state index is 0. The quantitative estimate of drug-likeness (QED) is 0.239. The first-order chi connectivity index (χ1) is 30.9. The van der Waals surface area contributed by atoms with Gasteiger partial charge in [-0.1, -0.05) is 157 Å². The maximum absolute atomic E-state index is 11.8. The zero-order valence-electron chi connectivity index (χ0n) is 44.4. The molecule has 3 fully saturated rings. The van der Waals surface area contributed by atoms with Crippen LogP contribution in [0, 0.1) is 34.0 Å². The van der Waals surface area contributed by atoms with E-state index in [0.717, 1.165) is 96.3 Å². The summed E-state index contributed by atoms with van der Waals surface area (Å²) in [5.74, 6) is -0.382. The van der Waals surface area contributed by atoms with Gasteiger partial charge in [0, 0.05) is 34.2 Å². The van der Waals surface area contributed by atoms with Crippen molar-refractivity contribution in [3.8, 4) is 0 Å². The Morgan fingerprint density at radius 1 is 0.441 bits per heavy atom. The standard InChI is InChI=1S/3C20H28O2.Mg.Na/c3*1-13(2)14-6-8-16-15(12-14)7-9-17-19(16,3)10-5-11-20(17,4)18(21)22;;/h3*6,8,12-13,17H,5,7,9-11H2,1-4H3,(H,21,22);;/q;;;+2;+1/p-3. The molecule has 0 aliphatic heterocycles. The van der Waals surface area contributed by atoms with Crippen LogP contribution < -0.4 is 44.9 Å². The van der Waals surface area contributed by atoms with E-state index in [2.05, 4.69) is 117 Å². The Morgan fingerprint density at radius 3 is 0.882 bits per heavy atom. The van der Waals surface area contributed by atoms with Crippen LogP contribution in [-0.4, -0.2) is 41.0 Å². The number of carbonyl (C=O) groups is 3. The zero-order valence-corrected chi connectivity index (χ0v) is 47.8. The smallest absolute Gasteiger partial charge is 0.550 e. The molecule has 360 valence electrons. The van der Waals surface area contributed by atoms with Crippen molar-refractivity contribution in [3.63, 3.8) is 0 Å². The molecule has 6 aliphatic rings. The summed E-state index contributed by atoms with van der Waals surface area (Å²) >= 11 is 0. The molecule has 6 aliphatic carbocycles. The van der Waals surface area contributed by atoms with Crippen molar-refractivity contribution >= 4 is 41.0 Å². The minimum atomic E-state index is -0.856. The van der Waals surface area contributed by atoms with Gasteiger partial charge in [-0.15, -0.1) is 0 Å². The van der Waals surface area contributed by atoms with Crippen LogP contribution in [0.1, 0.15) is 228 Å². The third kappa shape index (κ3) is 9.87. The molecule has 0 saturated heterocycles. The van der Waals surface area contributed by atoms with Gasteiger partial charge in [-0.3, -0.25) is 0 Å². The summed E-state index contributed by atoms with van der Waals surface area (Å²) in [6.07, 6.45) is 14.4. The van der Waals surface area contributed by atoms with E-state index in [-0.39, 0.29) is 86.6 Å². The summed E-state index contributed by atoms with van der Waals surface area (Å²) in [6.45, 7) is 25.9. The molecular formula is C60H81MgNaO6. The van der Waals surface area contributed by atoms with Gasteiger partial charge in [0.1, 0.15) is 0 Å². The third-order valence-electron chi connectivity index (χ3n) is 19.5. The number of hydrogen-bond donors (Lipinski definition) is 0. The van der Waals surface area contributed by atoms with Gasteiger partial charge in [0.25, 0.3) is 0 Å². The number of benzene rings is 3. The molecule has 0 N–H and O–H groups in total. The Hall–Kier alpha value is -2.16. The fraction of sp³-hybridized carbons (Fsp3) is 0.650. The van der Waals surface area contributed by atoms with Crippen molar-refractivity contribution in [1.82, 2.24) is 0 Å². The average Bonchev–Trinajstić information content (AvgIpc) is 3.26. The fourth-order valence-corrected chi connectivity index (χ4v) is 15.3. The first kappa shape index (κ1) is 56.7. The zero-order chi connectivity index (χ0) is 48.4. The molecule has 9 atom stereocenters. The largest absolute Gasteiger partial charge is 2.00 e. The number of aliphatic carboxylic acids is 3. The Labute approximate surface area is 448 Å². The Kier molecular flexibility index (Phi) is 17.6. The average molecular weight is 946 g/mol. The maximum atomic E-state index is 11.8. The topological polar surface area (TPSA) is 120 Å². The van der Waals surface area contributed by atoms with E-state index in [1.54, 1.807) is 0 Å². The summed E-state index contributed by atoms with van der Waals surface area (Å²) in [7, 11) is 0. The second-order valence-electron chi connectivity index (χ2n) is 24.4. The summed E-state index contributed by atoms with van der Waals surface area (Å²) in [6, 6.07) is 20.6. The van der Waals surface area contributed by atoms with E-state index in [9.17, 15) is 29.7 Å². The van der Waals surface area contributed by atoms with Crippen LogP contribution in [0.3, 0.4) is 0 Å². The molecule has 9 unspecified atom stereocenters. The van der Waals surface area contributed by atoms with Crippen LogP contribution in [0.4, 0.5) is 0 Å². The second kappa shape index (κ2) is 21.1. The predicted molar refractivity (Wildman–Crippen MR) is 266 cm³/mol. The summed E-state index contributed by atoms with van der Waals surface area (Å²) < 4.78 is 0. The first-order valence-electron chi connectivity index (χ1n) is 25.9. The summed E-state index contributed by atoms with van der Waals surface area (Å²) in [4.78, 5) is 35.5. The molecule has 0 aromatic heterocycles. The van der Waals surface area contributed by atoms with Crippen molar-refractivity contribution in [2.24, 2.45) is 34.0 Å². The van der Waals surface area contributed by atoms with E-state index < -0.39 is 34.2 Å². The number of carboxylic acids is 3. The number of hydrogen-bond acceptors (Lipinski definition) is 6. The summed E-state index contributed by atoms with van der Waals surface area (Å²) in [5.41, 5.74) is 10.6. The van der Waals surface area contributed by atoms with E-state index in [1.807, 2.05) is 20.8 Å². The van der Waals surface area contributed by atoms with Crippen LogP contribution in [0.5, 0.6) is 0 Å². The molecule has 0 bridgehead atoms. The first-order valence-corrected chi connectivity index (χ1v) is 25.9. The van der Waals surface area contributed by atoms with Crippen LogP contribution in [0.15, 0.2) is 54.6 Å². The third-order valence-corrected chi connectivity index (χ3v) is 19.5. The number of aryl methyl sites for hydroxylation is 3. The molecule has 0 heterocycles. The van der Waals surface area contributed by atoms with Crippen LogP contribution in [-0.2, 0) is 49.9 Å². The number of carboxylic acid groups (broad SMARTS) is 3. The van der Waals surface area contributed by atoms with Crippen molar-refractivity contribution in [1.29, 1.82) is 0 Å². The Bertz CT molecular complexity index is 2080. The van der Waals surface area contributed by atoms with Crippen LogP contribution in [0.25, 0.3) is 0 Å². The number of rotatable bonds is 6. The van der Waals surface area contributed by atoms with E-state index in [4.69, 9.17) is 0 Å². The molecule has 8 heteroatoms. The molecule has 6 nitrogen and oxygen atoms in total. The molecule has 0 spiro atoms. The molecule has 3 aromatic rings.